The van der Waals surface area contributed by atoms with Crippen LogP contribution < -0.4 is 5.73 Å². The van der Waals surface area contributed by atoms with Crippen LogP contribution in [-0.2, 0) is 6.42 Å². The summed E-state index contributed by atoms with van der Waals surface area (Å²) in [4.78, 5) is 16.4. The maximum atomic E-state index is 12.2. The molecule has 0 bridgehead atoms. The van der Waals surface area contributed by atoms with Gasteiger partial charge in [-0.05, 0) is 24.7 Å². The summed E-state index contributed by atoms with van der Waals surface area (Å²) < 4.78 is 0. The van der Waals surface area contributed by atoms with Crippen molar-refractivity contribution in [2.45, 2.75) is 6.42 Å². The fourth-order valence-electron chi connectivity index (χ4n) is 1.46. The Kier molecular flexibility index (Phi) is 4.35. The van der Waals surface area contributed by atoms with E-state index in [9.17, 15) is 4.79 Å². The summed E-state index contributed by atoms with van der Waals surface area (Å²) in [6, 6.07) is 4.79. The lowest BCUT2D eigenvalue weighted by Gasteiger charge is -2.01. The molecule has 2 aromatic rings. The Morgan fingerprint density at radius 1 is 1.39 bits per heavy atom. The van der Waals surface area contributed by atoms with E-state index in [0.29, 0.717) is 34.3 Å². The zero-order chi connectivity index (χ0) is 13.1. The molecule has 0 saturated carbocycles. The molecule has 0 aliphatic rings. The molecule has 0 aliphatic carbocycles. The number of nitrogens with zero attached hydrogens (tertiary/aromatic N) is 1. The van der Waals surface area contributed by atoms with Crippen molar-refractivity contribution in [3.8, 4) is 0 Å². The summed E-state index contributed by atoms with van der Waals surface area (Å²) in [6.07, 6.45) is 0.668. The molecule has 94 valence electrons. The number of carbonyl (C=O) groups excluding carboxylic acids is 1. The van der Waals surface area contributed by atoms with E-state index < -0.39 is 0 Å². The van der Waals surface area contributed by atoms with E-state index in [0.717, 1.165) is 5.01 Å². The summed E-state index contributed by atoms with van der Waals surface area (Å²) in [6.45, 7) is 0.513. The molecule has 3 nitrogen and oxygen atoms in total. The predicted octanol–water partition coefficient (Wildman–Crippen LogP) is 3.18. The maximum absolute atomic E-state index is 12.2. The molecule has 0 atom stereocenters. The van der Waals surface area contributed by atoms with Crippen molar-refractivity contribution in [3.05, 3.63) is 49.9 Å². The lowest BCUT2D eigenvalue weighted by Crippen LogP contribution is -2.05. The molecule has 2 N–H and O–H groups in total. The number of ketones is 1. The van der Waals surface area contributed by atoms with Gasteiger partial charge in [0.1, 0.15) is 5.69 Å². The summed E-state index contributed by atoms with van der Waals surface area (Å²) in [7, 11) is 0. The molecular formula is C12H10Cl2N2OS. The van der Waals surface area contributed by atoms with Crippen LogP contribution in [0.1, 0.15) is 21.1 Å². The molecule has 6 heteroatoms. The van der Waals surface area contributed by atoms with E-state index in [4.69, 9.17) is 28.9 Å². The van der Waals surface area contributed by atoms with Crippen molar-refractivity contribution in [1.29, 1.82) is 0 Å². The number of hydrogen-bond acceptors (Lipinski definition) is 4. The fourth-order valence-corrected chi connectivity index (χ4v) is 2.63. The number of nitrogens with two attached hydrogens (primary N) is 1. The van der Waals surface area contributed by atoms with Crippen molar-refractivity contribution >= 4 is 40.3 Å². The summed E-state index contributed by atoms with van der Waals surface area (Å²) in [5.41, 5.74) is 6.20. The third kappa shape index (κ3) is 2.90. The number of rotatable bonds is 4. The average molecular weight is 301 g/mol. The highest BCUT2D eigenvalue weighted by Gasteiger charge is 2.16. The van der Waals surface area contributed by atoms with Crippen LogP contribution in [-0.4, -0.2) is 17.3 Å². The minimum absolute atomic E-state index is 0.220. The van der Waals surface area contributed by atoms with Crippen molar-refractivity contribution in [1.82, 2.24) is 4.98 Å². The Balaban J connectivity index is 2.32. The smallest absolute Gasteiger partial charge is 0.213 e. The van der Waals surface area contributed by atoms with Gasteiger partial charge < -0.3 is 5.73 Å². The number of halogens is 2. The Hall–Kier alpha value is -0.940. The third-order valence-corrected chi connectivity index (χ3v) is 3.79. The monoisotopic (exact) mass is 300 g/mol. The first kappa shape index (κ1) is 13.5. The van der Waals surface area contributed by atoms with E-state index in [2.05, 4.69) is 4.98 Å². The molecule has 0 saturated heterocycles. The number of thiazole rings is 1. The van der Waals surface area contributed by atoms with Gasteiger partial charge in [0.05, 0.1) is 10.0 Å². The van der Waals surface area contributed by atoms with Gasteiger partial charge in [-0.15, -0.1) is 11.3 Å². The van der Waals surface area contributed by atoms with E-state index in [1.54, 1.807) is 23.6 Å². The molecule has 0 unspecified atom stereocenters. The zero-order valence-corrected chi connectivity index (χ0v) is 11.6. The topological polar surface area (TPSA) is 56.0 Å². The van der Waals surface area contributed by atoms with Crippen LogP contribution in [0.2, 0.25) is 10.0 Å². The normalized spacial score (nSPS) is 10.6. The van der Waals surface area contributed by atoms with E-state index in [1.807, 2.05) is 0 Å². The number of aromatic nitrogens is 1. The van der Waals surface area contributed by atoms with Gasteiger partial charge in [-0.3, -0.25) is 4.79 Å². The first-order chi connectivity index (χ1) is 8.61. The Bertz CT molecular complexity index is 583. The standard InChI is InChI=1S/C12H10Cl2N2OS/c13-7-1-2-9(14)8(5-7)12(17)10-6-18-11(16-10)3-4-15/h1-2,5-6H,3-4,15H2. The lowest BCUT2D eigenvalue weighted by atomic mass is 10.1. The van der Waals surface area contributed by atoms with Crippen LogP contribution >= 0.6 is 34.5 Å². The van der Waals surface area contributed by atoms with Crippen molar-refractivity contribution in [2.75, 3.05) is 6.54 Å². The molecule has 0 radical (unpaired) electrons. The highest BCUT2D eigenvalue weighted by atomic mass is 35.5. The highest BCUT2D eigenvalue weighted by Crippen LogP contribution is 2.24. The van der Waals surface area contributed by atoms with Crippen molar-refractivity contribution in [2.24, 2.45) is 5.73 Å². The summed E-state index contributed by atoms with van der Waals surface area (Å²) in [5, 5.41) is 3.40. The van der Waals surface area contributed by atoms with Crippen molar-refractivity contribution in [3.63, 3.8) is 0 Å². The van der Waals surface area contributed by atoms with Crippen LogP contribution in [0.25, 0.3) is 0 Å². The Labute approximate surface area is 119 Å². The number of hydrogen-bond donors (Lipinski definition) is 1. The first-order valence-electron chi connectivity index (χ1n) is 5.26. The molecule has 2 rings (SSSR count). The molecule has 1 aromatic carbocycles. The molecule has 1 heterocycles. The second-order valence-corrected chi connectivity index (χ2v) is 5.40. The van der Waals surface area contributed by atoms with Gasteiger partial charge in [0.2, 0.25) is 5.78 Å². The average Bonchev–Trinajstić information content (AvgIpc) is 2.80. The molecule has 18 heavy (non-hydrogen) atoms. The van der Waals surface area contributed by atoms with Crippen LogP contribution in [0.3, 0.4) is 0 Å². The Morgan fingerprint density at radius 2 is 2.17 bits per heavy atom. The minimum atomic E-state index is -0.220. The maximum Gasteiger partial charge on any atom is 0.213 e. The van der Waals surface area contributed by atoms with Gasteiger partial charge >= 0.3 is 0 Å². The number of carbonyl (C=O) groups is 1. The second-order valence-electron chi connectivity index (χ2n) is 3.62. The van der Waals surface area contributed by atoms with Gasteiger partial charge in [0, 0.05) is 22.4 Å². The van der Waals surface area contributed by atoms with E-state index in [1.165, 1.54) is 11.3 Å². The SMILES string of the molecule is NCCc1nc(C(=O)c2cc(Cl)ccc2Cl)cs1. The molecule has 1 aromatic heterocycles. The van der Waals surface area contributed by atoms with Crippen LogP contribution in [0, 0.1) is 0 Å². The largest absolute Gasteiger partial charge is 0.330 e. The van der Waals surface area contributed by atoms with Gasteiger partial charge in [0.15, 0.2) is 0 Å². The summed E-state index contributed by atoms with van der Waals surface area (Å²) in [5.74, 6) is -0.220. The van der Waals surface area contributed by atoms with Gasteiger partial charge in [-0.2, -0.15) is 0 Å². The molecule has 0 spiro atoms. The minimum Gasteiger partial charge on any atom is -0.330 e. The first-order valence-corrected chi connectivity index (χ1v) is 6.89. The van der Waals surface area contributed by atoms with Crippen LogP contribution in [0.15, 0.2) is 23.6 Å². The van der Waals surface area contributed by atoms with Crippen molar-refractivity contribution < 1.29 is 4.79 Å². The molecule has 0 fully saturated rings. The van der Waals surface area contributed by atoms with Gasteiger partial charge in [-0.25, -0.2) is 4.98 Å². The van der Waals surface area contributed by atoms with Gasteiger partial charge in [-0.1, -0.05) is 23.2 Å². The second kappa shape index (κ2) is 5.80. The molecule has 0 amide bonds. The van der Waals surface area contributed by atoms with E-state index >= 15 is 0 Å². The molecular weight excluding hydrogens is 291 g/mol. The molecule has 0 aliphatic heterocycles. The van der Waals surface area contributed by atoms with E-state index in [-0.39, 0.29) is 5.78 Å². The lowest BCUT2D eigenvalue weighted by molar-refractivity contribution is 0.103. The number of benzene rings is 1. The van der Waals surface area contributed by atoms with Crippen LogP contribution in [0.4, 0.5) is 0 Å². The fraction of sp³-hybridized carbons (Fsp3) is 0.167. The predicted molar refractivity (Wildman–Crippen MR) is 74.8 cm³/mol. The highest BCUT2D eigenvalue weighted by molar-refractivity contribution is 7.09. The van der Waals surface area contributed by atoms with Gasteiger partial charge in [0.25, 0.3) is 0 Å². The third-order valence-electron chi connectivity index (χ3n) is 2.32. The summed E-state index contributed by atoms with van der Waals surface area (Å²) >= 11 is 13.3. The zero-order valence-electron chi connectivity index (χ0n) is 9.32. The Morgan fingerprint density at radius 3 is 2.89 bits per heavy atom. The quantitative estimate of drug-likeness (QED) is 0.882. The van der Waals surface area contributed by atoms with Crippen LogP contribution in [0.5, 0.6) is 0 Å².